The zero-order valence-corrected chi connectivity index (χ0v) is 22.5. The van der Waals surface area contributed by atoms with Crippen molar-refractivity contribution in [3.8, 4) is 22.9 Å². The number of carboxylic acid groups (broad SMARTS) is 1. The van der Waals surface area contributed by atoms with E-state index in [1.54, 1.807) is 12.1 Å². The number of likely N-dealkylation sites (tertiary alicyclic amines) is 1. The first kappa shape index (κ1) is 27.9. The van der Waals surface area contributed by atoms with Crippen molar-refractivity contribution in [2.75, 3.05) is 13.2 Å². The van der Waals surface area contributed by atoms with E-state index in [2.05, 4.69) is 25.1 Å². The topological polar surface area (TPSA) is 90.6 Å². The molecule has 1 aliphatic rings. The van der Waals surface area contributed by atoms with Crippen LogP contribution < -0.4 is 4.74 Å². The Labute approximate surface area is 230 Å². The van der Waals surface area contributed by atoms with Crippen molar-refractivity contribution >= 4 is 11.9 Å². The van der Waals surface area contributed by atoms with Crippen molar-refractivity contribution in [1.29, 1.82) is 5.26 Å². The molecule has 1 amide bonds. The Bertz CT molecular complexity index is 1280. The van der Waals surface area contributed by atoms with Gasteiger partial charge in [-0.15, -0.1) is 0 Å². The second-order valence-corrected chi connectivity index (χ2v) is 10.4. The number of carbonyl (C=O) groups is 2. The molecule has 0 aromatic heterocycles. The minimum absolute atomic E-state index is 0.0452. The average Bonchev–Trinajstić information content (AvgIpc) is 3.21. The van der Waals surface area contributed by atoms with E-state index in [9.17, 15) is 14.7 Å². The number of amides is 1. The number of carboxylic acids is 1. The van der Waals surface area contributed by atoms with Crippen LogP contribution in [0.3, 0.4) is 0 Å². The number of unbranched alkanes of at least 4 members (excludes halogenated alkanes) is 1. The van der Waals surface area contributed by atoms with E-state index in [0.29, 0.717) is 37.3 Å². The van der Waals surface area contributed by atoms with E-state index in [0.717, 1.165) is 36.8 Å². The zero-order chi connectivity index (χ0) is 27.7. The highest BCUT2D eigenvalue weighted by molar-refractivity contribution is 5.89. The first-order chi connectivity index (χ1) is 18.9. The van der Waals surface area contributed by atoms with Gasteiger partial charge in [0.1, 0.15) is 12.4 Å². The number of carbonyl (C=O) groups excluding carboxylic acids is 1. The number of hydrogen-bond acceptors (Lipinski definition) is 4. The van der Waals surface area contributed by atoms with Crippen LogP contribution in [0.5, 0.6) is 5.75 Å². The van der Waals surface area contributed by atoms with E-state index >= 15 is 0 Å². The van der Waals surface area contributed by atoms with Gasteiger partial charge in [-0.2, -0.15) is 5.26 Å². The lowest BCUT2D eigenvalue weighted by atomic mass is 9.77. The third kappa shape index (κ3) is 7.06. The molecule has 1 saturated heterocycles. The molecule has 0 aliphatic carbocycles. The SMILES string of the molecule is CCCC[C@@]1(CC(=O)O)C[C@@H](COc2ccc(-c3ccc(C#N)cc3)cc2)N(CCCc2ccccc2)C1=O. The fraction of sp³-hybridized carbons (Fsp3) is 0.364. The summed E-state index contributed by atoms with van der Waals surface area (Å²) >= 11 is 0. The van der Waals surface area contributed by atoms with Crippen LogP contribution in [0.4, 0.5) is 0 Å². The molecule has 3 aromatic carbocycles. The van der Waals surface area contributed by atoms with Gasteiger partial charge in [-0.25, -0.2) is 0 Å². The van der Waals surface area contributed by atoms with Crippen LogP contribution in [0, 0.1) is 16.7 Å². The second-order valence-electron chi connectivity index (χ2n) is 10.4. The zero-order valence-electron chi connectivity index (χ0n) is 22.5. The molecular weight excluding hydrogens is 488 g/mol. The number of hydrogen-bond donors (Lipinski definition) is 1. The Kier molecular flexibility index (Phi) is 9.38. The minimum Gasteiger partial charge on any atom is -0.491 e. The van der Waals surface area contributed by atoms with E-state index in [1.807, 2.05) is 59.5 Å². The van der Waals surface area contributed by atoms with Crippen molar-refractivity contribution in [2.45, 2.75) is 57.9 Å². The highest BCUT2D eigenvalue weighted by Crippen LogP contribution is 2.44. The van der Waals surface area contributed by atoms with Crippen LogP contribution in [0.1, 0.15) is 56.6 Å². The molecule has 1 N–H and O–H groups in total. The molecule has 1 fully saturated rings. The normalized spacial score (nSPS) is 18.6. The quantitative estimate of drug-likeness (QED) is 0.276. The van der Waals surface area contributed by atoms with Gasteiger partial charge in [-0.1, -0.05) is 74.4 Å². The molecule has 39 heavy (non-hydrogen) atoms. The molecule has 3 aromatic rings. The van der Waals surface area contributed by atoms with Gasteiger partial charge in [0.05, 0.1) is 29.5 Å². The van der Waals surface area contributed by atoms with Gasteiger partial charge in [0.15, 0.2) is 0 Å². The maximum Gasteiger partial charge on any atom is 0.304 e. The summed E-state index contributed by atoms with van der Waals surface area (Å²) in [6.07, 6.45) is 4.33. The number of aliphatic carboxylic acids is 1. The first-order valence-electron chi connectivity index (χ1n) is 13.7. The van der Waals surface area contributed by atoms with E-state index in [1.165, 1.54) is 5.56 Å². The number of aryl methyl sites for hydroxylation is 1. The van der Waals surface area contributed by atoms with Gasteiger partial charge in [-0.3, -0.25) is 9.59 Å². The summed E-state index contributed by atoms with van der Waals surface area (Å²) in [5.74, 6) is -0.270. The van der Waals surface area contributed by atoms with E-state index in [-0.39, 0.29) is 18.4 Å². The van der Waals surface area contributed by atoms with Gasteiger partial charge >= 0.3 is 5.97 Å². The molecule has 0 radical (unpaired) electrons. The Hall–Kier alpha value is -4.11. The Morgan fingerprint density at radius 1 is 1.03 bits per heavy atom. The van der Waals surface area contributed by atoms with Crippen molar-refractivity contribution in [2.24, 2.45) is 5.41 Å². The molecule has 2 atom stereocenters. The summed E-state index contributed by atoms with van der Waals surface area (Å²) in [5, 5.41) is 18.7. The van der Waals surface area contributed by atoms with E-state index < -0.39 is 11.4 Å². The smallest absolute Gasteiger partial charge is 0.304 e. The predicted molar refractivity (Wildman–Crippen MR) is 151 cm³/mol. The fourth-order valence-electron chi connectivity index (χ4n) is 5.57. The van der Waals surface area contributed by atoms with Crippen molar-refractivity contribution < 1.29 is 19.4 Å². The summed E-state index contributed by atoms with van der Waals surface area (Å²) in [4.78, 5) is 27.5. The van der Waals surface area contributed by atoms with Gasteiger partial charge < -0.3 is 14.7 Å². The van der Waals surface area contributed by atoms with Crippen LogP contribution in [-0.4, -0.2) is 41.1 Å². The Morgan fingerprint density at radius 2 is 1.69 bits per heavy atom. The lowest BCUT2D eigenvalue weighted by Gasteiger charge is -2.27. The molecule has 6 nitrogen and oxygen atoms in total. The minimum atomic E-state index is -0.927. The van der Waals surface area contributed by atoms with Crippen LogP contribution in [0.25, 0.3) is 11.1 Å². The summed E-state index contributed by atoms with van der Waals surface area (Å²) in [7, 11) is 0. The largest absolute Gasteiger partial charge is 0.491 e. The fourth-order valence-corrected chi connectivity index (χ4v) is 5.57. The third-order valence-electron chi connectivity index (χ3n) is 7.63. The molecule has 202 valence electrons. The maximum atomic E-state index is 13.8. The van der Waals surface area contributed by atoms with E-state index in [4.69, 9.17) is 10.00 Å². The van der Waals surface area contributed by atoms with Crippen LogP contribution in [-0.2, 0) is 16.0 Å². The predicted octanol–water partition coefficient (Wildman–Crippen LogP) is 6.49. The molecule has 0 spiro atoms. The summed E-state index contributed by atoms with van der Waals surface area (Å²) < 4.78 is 6.18. The van der Waals surface area contributed by atoms with Crippen molar-refractivity contribution in [3.63, 3.8) is 0 Å². The number of nitrogens with zero attached hydrogens (tertiary/aromatic N) is 2. The molecule has 4 rings (SSSR count). The molecule has 0 bridgehead atoms. The van der Waals surface area contributed by atoms with Crippen LogP contribution >= 0.6 is 0 Å². The highest BCUT2D eigenvalue weighted by atomic mass is 16.5. The number of ether oxygens (including phenoxy) is 1. The molecule has 0 unspecified atom stereocenters. The average molecular weight is 525 g/mol. The standard InChI is InChI=1S/C33H36N2O4/c1-2-3-19-33(22-31(36)37)21-29(35(32(33)38)20-7-10-25-8-5-4-6-9-25)24-39-30-17-15-28(16-18-30)27-13-11-26(23-34)12-14-27/h4-6,8-9,11-18,29H,2-3,7,10,19-22,24H2,1H3,(H,36,37)/t29-,33-/m0/s1. The number of rotatable bonds is 13. The first-order valence-corrected chi connectivity index (χ1v) is 13.7. The molecule has 1 heterocycles. The number of benzene rings is 3. The highest BCUT2D eigenvalue weighted by Gasteiger charge is 2.52. The molecule has 0 saturated carbocycles. The lowest BCUT2D eigenvalue weighted by Crippen LogP contribution is -2.40. The molecule has 6 heteroatoms. The molecular formula is C33H36N2O4. The summed E-state index contributed by atoms with van der Waals surface area (Å²) in [6, 6.07) is 27.4. The number of nitriles is 1. The third-order valence-corrected chi connectivity index (χ3v) is 7.63. The van der Waals surface area contributed by atoms with Gasteiger partial charge in [0.2, 0.25) is 5.91 Å². The Morgan fingerprint density at radius 3 is 2.31 bits per heavy atom. The van der Waals surface area contributed by atoms with Crippen LogP contribution in [0.15, 0.2) is 78.9 Å². The van der Waals surface area contributed by atoms with Crippen molar-refractivity contribution in [3.05, 3.63) is 90.0 Å². The van der Waals surface area contributed by atoms with Gasteiger partial charge in [0, 0.05) is 6.54 Å². The summed E-state index contributed by atoms with van der Waals surface area (Å²) in [5.41, 5.74) is 3.01. The molecule has 1 aliphatic heterocycles. The van der Waals surface area contributed by atoms with Gasteiger partial charge in [0.25, 0.3) is 0 Å². The lowest BCUT2D eigenvalue weighted by molar-refractivity contribution is -0.147. The van der Waals surface area contributed by atoms with Crippen LogP contribution in [0.2, 0.25) is 0 Å². The summed E-state index contributed by atoms with van der Waals surface area (Å²) in [6.45, 7) is 2.96. The monoisotopic (exact) mass is 524 g/mol. The Balaban J connectivity index is 1.46. The second kappa shape index (κ2) is 13.1. The van der Waals surface area contributed by atoms with Crippen molar-refractivity contribution in [1.82, 2.24) is 4.90 Å². The van der Waals surface area contributed by atoms with Gasteiger partial charge in [-0.05, 0) is 66.6 Å². The maximum absolute atomic E-state index is 13.8.